The van der Waals surface area contributed by atoms with E-state index in [1.54, 1.807) is 0 Å². The van der Waals surface area contributed by atoms with Gasteiger partial charge in [-0.3, -0.25) is 0 Å². The molecule has 0 saturated carbocycles. The van der Waals surface area contributed by atoms with Gasteiger partial charge in [0.05, 0.1) is 11.1 Å². The normalized spacial score (nSPS) is 11.3. The van der Waals surface area contributed by atoms with Gasteiger partial charge in [0, 0.05) is 5.75 Å². The highest BCUT2D eigenvalue weighted by molar-refractivity contribution is 8.74. The van der Waals surface area contributed by atoms with Gasteiger partial charge in [-0.05, 0) is 76.6 Å². The average molecular weight is 421 g/mol. The van der Waals surface area contributed by atoms with E-state index in [2.05, 4.69) is 20.8 Å². The van der Waals surface area contributed by atoms with E-state index in [1.807, 2.05) is 19.9 Å². The fourth-order valence-electron chi connectivity index (χ4n) is 2.74. The predicted molar refractivity (Wildman–Crippen MR) is 114 cm³/mol. The molecule has 0 aromatic heterocycles. The van der Waals surface area contributed by atoms with Crippen LogP contribution in [0.25, 0.3) is 0 Å². The highest BCUT2D eigenvalue weighted by Gasteiger charge is 2.22. The lowest BCUT2D eigenvalue weighted by Gasteiger charge is -2.24. The molecule has 0 aliphatic rings. The Morgan fingerprint density at radius 2 is 1.64 bits per heavy atom. The molecule has 2 aromatic carbocycles. The molecule has 0 aliphatic carbocycles. The number of phenols is 1. The Balaban J connectivity index is 1.97. The fraction of sp³-hybridized carbons (Fsp3) is 0.333. The summed E-state index contributed by atoms with van der Waals surface area (Å²) in [5.41, 5.74) is 4.12. The molecule has 0 heterocycles. The van der Waals surface area contributed by atoms with E-state index in [0.29, 0.717) is 11.5 Å². The topological polar surface area (TPSA) is 83.8 Å². The van der Waals surface area contributed by atoms with Crippen LogP contribution < -0.4 is 0 Å². The second-order valence-corrected chi connectivity index (χ2v) is 9.47. The van der Waals surface area contributed by atoms with Crippen molar-refractivity contribution in [3.8, 4) is 5.75 Å². The van der Waals surface area contributed by atoms with Crippen molar-refractivity contribution in [1.29, 1.82) is 0 Å². The zero-order chi connectivity index (χ0) is 21.1. The molecule has 0 unspecified atom stereocenters. The van der Waals surface area contributed by atoms with Gasteiger partial charge in [0.2, 0.25) is 0 Å². The van der Waals surface area contributed by atoms with Crippen LogP contribution in [0.4, 0.5) is 0 Å². The summed E-state index contributed by atoms with van der Waals surface area (Å²) in [7, 11) is 1.36. The van der Waals surface area contributed by atoms with E-state index < -0.39 is 11.9 Å². The van der Waals surface area contributed by atoms with Gasteiger partial charge in [0.1, 0.15) is 16.8 Å². The number of carboxylic acid groups (broad SMARTS) is 1. The highest BCUT2D eigenvalue weighted by Crippen LogP contribution is 2.39. The molecule has 2 N–H and O–H groups in total. The van der Waals surface area contributed by atoms with Crippen molar-refractivity contribution in [2.24, 2.45) is 0 Å². The Hall–Kier alpha value is -2.12. The molecule has 0 saturated heterocycles. The van der Waals surface area contributed by atoms with Gasteiger partial charge in [-0.25, -0.2) is 9.59 Å². The molecule has 0 radical (unpaired) electrons. The SMILES string of the molecule is Cc1cc(C(C)(C)C)c(O)c(C)c1CSSOC(=O)c1ccc(C(=O)O)cc1. The first-order valence-corrected chi connectivity index (χ1v) is 10.9. The summed E-state index contributed by atoms with van der Waals surface area (Å²) in [4.78, 5) is 22.9. The van der Waals surface area contributed by atoms with Crippen LogP contribution in [0.3, 0.4) is 0 Å². The molecule has 0 aliphatic heterocycles. The van der Waals surface area contributed by atoms with E-state index in [4.69, 9.17) is 9.29 Å². The van der Waals surface area contributed by atoms with Crippen molar-refractivity contribution < 1.29 is 24.0 Å². The van der Waals surface area contributed by atoms with Crippen LogP contribution in [-0.2, 0) is 15.4 Å². The van der Waals surface area contributed by atoms with Crippen LogP contribution in [0.2, 0.25) is 0 Å². The van der Waals surface area contributed by atoms with E-state index >= 15 is 0 Å². The summed E-state index contributed by atoms with van der Waals surface area (Å²) in [5, 5.41) is 19.4. The average Bonchev–Trinajstić information content (AvgIpc) is 2.62. The van der Waals surface area contributed by atoms with Gasteiger partial charge >= 0.3 is 11.9 Å². The summed E-state index contributed by atoms with van der Waals surface area (Å²) in [6, 6.07) is 7.59. The number of carboxylic acids is 1. The molecule has 0 spiro atoms. The minimum absolute atomic E-state index is 0.114. The summed E-state index contributed by atoms with van der Waals surface area (Å²) < 4.78 is 5.17. The smallest absolute Gasteiger partial charge is 0.350 e. The number of aromatic hydroxyl groups is 1. The number of carbonyl (C=O) groups is 2. The molecule has 5 nitrogen and oxygen atoms in total. The summed E-state index contributed by atoms with van der Waals surface area (Å²) in [6.07, 6.45) is 0. The van der Waals surface area contributed by atoms with Crippen LogP contribution in [0.1, 0.15) is 63.7 Å². The minimum atomic E-state index is -1.05. The second-order valence-electron chi connectivity index (χ2n) is 7.53. The molecule has 0 fully saturated rings. The molecule has 2 rings (SSSR count). The third-order valence-electron chi connectivity index (χ3n) is 4.44. The standard InChI is InChI=1S/C21H24O5S2/c1-12-10-17(21(3,4)5)18(22)13(2)16(12)11-27-28-26-20(25)15-8-6-14(7-9-15)19(23)24/h6-10,22H,11H2,1-5H3,(H,23,24). The third kappa shape index (κ3) is 5.23. The number of hydrogen-bond donors (Lipinski definition) is 2. The first-order valence-electron chi connectivity index (χ1n) is 8.68. The van der Waals surface area contributed by atoms with Crippen molar-refractivity contribution in [3.05, 3.63) is 63.7 Å². The Morgan fingerprint density at radius 3 is 2.18 bits per heavy atom. The number of aromatic carboxylic acids is 1. The Kier molecular flexibility index (Phi) is 7.06. The van der Waals surface area contributed by atoms with Crippen LogP contribution in [-0.4, -0.2) is 22.2 Å². The Bertz CT molecular complexity index is 883. The highest BCUT2D eigenvalue weighted by atomic mass is 33.1. The van der Waals surface area contributed by atoms with Crippen LogP contribution in [0.5, 0.6) is 5.75 Å². The van der Waals surface area contributed by atoms with E-state index in [1.165, 1.54) is 35.1 Å². The van der Waals surface area contributed by atoms with Gasteiger partial charge < -0.3 is 14.4 Å². The number of phenolic OH excluding ortho intramolecular Hbond substituents is 1. The summed E-state index contributed by atoms with van der Waals surface area (Å²) in [5.74, 6) is -0.690. The summed E-state index contributed by atoms with van der Waals surface area (Å²) in [6.45, 7) is 10.1. The van der Waals surface area contributed by atoms with Gasteiger partial charge in [-0.15, -0.1) is 0 Å². The number of aryl methyl sites for hydroxylation is 1. The van der Waals surface area contributed by atoms with Crippen molar-refractivity contribution in [1.82, 2.24) is 0 Å². The lowest BCUT2D eigenvalue weighted by molar-refractivity contribution is 0.0694. The quantitative estimate of drug-likeness (QED) is 0.354. The lowest BCUT2D eigenvalue weighted by Crippen LogP contribution is -2.13. The molecule has 28 heavy (non-hydrogen) atoms. The van der Waals surface area contributed by atoms with Crippen molar-refractivity contribution in [2.45, 2.75) is 45.8 Å². The molecular weight excluding hydrogens is 396 g/mol. The van der Waals surface area contributed by atoms with Gasteiger partial charge in [-0.1, -0.05) is 26.8 Å². The first-order chi connectivity index (χ1) is 13.0. The Morgan fingerprint density at radius 1 is 1.07 bits per heavy atom. The number of hydrogen-bond acceptors (Lipinski definition) is 6. The summed E-state index contributed by atoms with van der Waals surface area (Å²) >= 11 is 0.964. The fourth-order valence-corrected chi connectivity index (χ4v) is 4.39. The monoisotopic (exact) mass is 420 g/mol. The van der Waals surface area contributed by atoms with E-state index in [0.717, 1.165) is 33.3 Å². The van der Waals surface area contributed by atoms with Gasteiger partial charge in [-0.2, -0.15) is 0 Å². The van der Waals surface area contributed by atoms with Crippen LogP contribution in [0.15, 0.2) is 30.3 Å². The molecular formula is C21H24O5S2. The molecule has 0 bridgehead atoms. The maximum absolute atomic E-state index is 12.0. The number of benzene rings is 2. The largest absolute Gasteiger partial charge is 0.507 e. The van der Waals surface area contributed by atoms with E-state index in [-0.39, 0.29) is 16.5 Å². The third-order valence-corrected chi connectivity index (χ3v) is 6.01. The van der Waals surface area contributed by atoms with Gasteiger partial charge in [0.15, 0.2) is 0 Å². The molecule has 150 valence electrons. The minimum Gasteiger partial charge on any atom is -0.507 e. The maximum atomic E-state index is 12.0. The lowest BCUT2D eigenvalue weighted by atomic mass is 9.83. The zero-order valence-corrected chi connectivity index (χ0v) is 18.2. The van der Waals surface area contributed by atoms with Crippen LogP contribution >= 0.6 is 21.9 Å². The maximum Gasteiger partial charge on any atom is 0.350 e. The van der Waals surface area contributed by atoms with Crippen molar-refractivity contribution in [2.75, 3.05) is 0 Å². The van der Waals surface area contributed by atoms with Gasteiger partial charge in [0.25, 0.3) is 0 Å². The zero-order valence-electron chi connectivity index (χ0n) is 16.5. The molecule has 7 heteroatoms. The molecule has 2 aromatic rings. The number of carbonyl (C=O) groups excluding carboxylic acids is 1. The second kappa shape index (κ2) is 8.92. The van der Waals surface area contributed by atoms with Crippen molar-refractivity contribution >= 4 is 33.8 Å². The Labute approximate surface area is 173 Å². The first kappa shape index (κ1) is 22.2. The van der Waals surface area contributed by atoms with Crippen molar-refractivity contribution in [3.63, 3.8) is 0 Å². The van der Waals surface area contributed by atoms with Crippen LogP contribution in [0, 0.1) is 13.8 Å². The van der Waals surface area contributed by atoms with E-state index in [9.17, 15) is 14.7 Å². The number of rotatable bonds is 6. The predicted octanol–water partition coefficient (Wildman–Crippen LogP) is 5.66. The molecule has 0 atom stereocenters. The molecule has 0 amide bonds.